The predicted octanol–water partition coefficient (Wildman–Crippen LogP) is 3.03. The molecule has 1 N–H and O–H groups in total. The maximum atomic E-state index is 12.4. The van der Waals surface area contributed by atoms with E-state index in [-0.39, 0.29) is 0 Å². The summed E-state index contributed by atoms with van der Waals surface area (Å²) < 4.78 is 37.3. The van der Waals surface area contributed by atoms with Crippen LogP contribution in [0.25, 0.3) is 0 Å². The van der Waals surface area contributed by atoms with Crippen molar-refractivity contribution >= 4 is 16.5 Å². The van der Waals surface area contributed by atoms with Crippen LogP contribution in [0.15, 0.2) is 5.38 Å². The van der Waals surface area contributed by atoms with Crippen molar-refractivity contribution in [1.82, 2.24) is 10.3 Å². The molecule has 0 saturated heterocycles. The van der Waals surface area contributed by atoms with Crippen LogP contribution >= 0.6 is 11.3 Å². The molecule has 1 aromatic rings. The normalized spacial score (nSPS) is 11.8. The van der Waals surface area contributed by atoms with E-state index in [1.165, 1.54) is 16.2 Å². The minimum absolute atomic E-state index is 0.369. The van der Waals surface area contributed by atoms with Crippen LogP contribution in [-0.4, -0.2) is 30.8 Å². The Morgan fingerprint density at radius 3 is 2.67 bits per heavy atom. The van der Waals surface area contributed by atoms with Crippen molar-refractivity contribution in [3.63, 3.8) is 0 Å². The molecule has 104 valence electrons. The molecule has 0 spiro atoms. The second-order valence-corrected chi connectivity index (χ2v) is 4.78. The lowest BCUT2D eigenvalue weighted by Crippen LogP contribution is -2.34. The fourth-order valence-corrected chi connectivity index (χ4v) is 2.36. The first-order chi connectivity index (χ1) is 8.46. The van der Waals surface area contributed by atoms with Crippen LogP contribution in [0, 0.1) is 0 Å². The van der Waals surface area contributed by atoms with E-state index in [0.29, 0.717) is 24.6 Å². The molecule has 7 heteroatoms. The highest BCUT2D eigenvalue weighted by atomic mass is 32.1. The van der Waals surface area contributed by atoms with E-state index >= 15 is 0 Å². The highest BCUT2D eigenvalue weighted by Gasteiger charge is 2.31. The maximum absolute atomic E-state index is 12.4. The van der Waals surface area contributed by atoms with Gasteiger partial charge >= 0.3 is 6.18 Å². The van der Waals surface area contributed by atoms with Crippen LogP contribution in [0.5, 0.6) is 0 Å². The number of thiazole rings is 1. The number of nitrogens with one attached hydrogen (secondary N) is 1. The Bertz CT molecular complexity index is 352. The summed E-state index contributed by atoms with van der Waals surface area (Å²) in [6, 6.07) is 0. The van der Waals surface area contributed by atoms with Crippen molar-refractivity contribution in [2.45, 2.75) is 33.0 Å². The maximum Gasteiger partial charge on any atom is 0.406 e. The second-order valence-electron chi connectivity index (χ2n) is 3.94. The Morgan fingerprint density at radius 2 is 2.11 bits per heavy atom. The van der Waals surface area contributed by atoms with Gasteiger partial charge in [0.2, 0.25) is 0 Å². The number of alkyl halides is 3. The molecule has 0 aliphatic rings. The van der Waals surface area contributed by atoms with E-state index in [0.717, 1.165) is 12.2 Å². The minimum atomic E-state index is -4.19. The topological polar surface area (TPSA) is 28.2 Å². The lowest BCUT2D eigenvalue weighted by atomic mass is 10.4. The van der Waals surface area contributed by atoms with Gasteiger partial charge in [-0.25, -0.2) is 4.98 Å². The molecular weight excluding hydrogens is 263 g/mol. The molecule has 1 heterocycles. The van der Waals surface area contributed by atoms with Gasteiger partial charge < -0.3 is 10.2 Å². The van der Waals surface area contributed by atoms with Crippen molar-refractivity contribution in [3.05, 3.63) is 11.1 Å². The molecule has 0 fully saturated rings. The second kappa shape index (κ2) is 6.94. The SMILES string of the molecule is CCCN(CC(F)(F)F)c1nc(CNCC)cs1. The Balaban J connectivity index is 2.69. The molecule has 0 atom stereocenters. The zero-order chi connectivity index (χ0) is 13.6. The summed E-state index contributed by atoms with van der Waals surface area (Å²) in [4.78, 5) is 5.52. The van der Waals surface area contributed by atoms with Crippen LogP contribution < -0.4 is 10.2 Å². The van der Waals surface area contributed by atoms with Crippen LogP contribution in [0.3, 0.4) is 0 Å². The minimum Gasteiger partial charge on any atom is -0.339 e. The smallest absolute Gasteiger partial charge is 0.339 e. The molecule has 1 aromatic heterocycles. The van der Waals surface area contributed by atoms with Gasteiger partial charge in [0.15, 0.2) is 5.13 Å². The van der Waals surface area contributed by atoms with Crippen molar-refractivity contribution in [2.24, 2.45) is 0 Å². The molecular formula is C11H18F3N3S. The van der Waals surface area contributed by atoms with Gasteiger partial charge in [0, 0.05) is 18.5 Å². The van der Waals surface area contributed by atoms with E-state index in [1.807, 2.05) is 13.8 Å². The van der Waals surface area contributed by atoms with Gasteiger partial charge in [-0.15, -0.1) is 11.3 Å². The monoisotopic (exact) mass is 281 g/mol. The standard InChI is InChI=1S/C11H18F3N3S/c1-3-5-17(8-11(12,13)14)10-16-9(7-18-10)6-15-4-2/h7,15H,3-6,8H2,1-2H3. The van der Waals surface area contributed by atoms with Gasteiger partial charge in [-0.3, -0.25) is 0 Å². The Kier molecular flexibility index (Phi) is 5.87. The molecule has 18 heavy (non-hydrogen) atoms. The zero-order valence-corrected chi connectivity index (χ0v) is 11.4. The van der Waals surface area contributed by atoms with Gasteiger partial charge in [-0.2, -0.15) is 13.2 Å². The summed E-state index contributed by atoms with van der Waals surface area (Å²) >= 11 is 1.26. The van der Waals surface area contributed by atoms with Gasteiger partial charge in [0.05, 0.1) is 5.69 Å². The Labute approximate surface area is 109 Å². The number of aromatic nitrogens is 1. The summed E-state index contributed by atoms with van der Waals surface area (Å²) in [5, 5.41) is 5.35. The average molecular weight is 281 g/mol. The number of halogens is 3. The van der Waals surface area contributed by atoms with Crippen molar-refractivity contribution < 1.29 is 13.2 Å². The van der Waals surface area contributed by atoms with E-state index in [4.69, 9.17) is 0 Å². The third-order valence-corrected chi connectivity index (χ3v) is 3.18. The highest BCUT2D eigenvalue weighted by molar-refractivity contribution is 7.13. The quantitative estimate of drug-likeness (QED) is 0.832. The van der Waals surface area contributed by atoms with Gasteiger partial charge in [-0.1, -0.05) is 13.8 Å². The molecule has 3 nitrogen and oxygen atoms in total. The molecule has 0 aliphatic heterocycles. The summed E-state index contributed by atoms with van der Waals surface area (Å²) in [7, 11) is 0. The molecule has 0 unspecified atom stereocenters. The first kappa shape index (κ1) is 15.2. The van der Waals surface area contributed by atoms with Gasteiger partial charge in [0.25, 0.3) is 0 Å². The van der Waals surface area contributed by atoms with Gasteiger partial charge in [-0.05, 0) is 13.0 Å². The average Bonchev–Trinajstić information content (AvgIpc) is 2.72. The first-order valence-corrected chi connectivity index (χ1v) is 6.81. The lowest BCUT2D eigenvalue weighted by Gasteiger charge is -2.22. The summed E-state index contributed by atoms with van der Waals surface area (Å²) in [6.45, 7) is 4.67. The van der Waals surface area contributed by atoms with Gasteiger partial charge in [0.1, 0.15) is 6.54 Å². The Morgan fingerprint density at radius 1 is 1.39 bits per heavy atom. The summed E-state index contributed by atoms with van der Waals surface area (Å²) in [5.74, 6) is 0. The van der Waals surface area contributed by atoms with E-state index in [2.05, 4.69) is 10.3 Å². The van der Waals surface area contributed by atoms with E-state index in [1.54, 1.807) is 5.38 Å². The number of rotatable bonds is 7. The largest absolute Gasteiger partial charge is 0.406 e. The fraction of sp³-hybridized carbons (Fsp3) is 0.727. The lowest BCUT2D eigenvalue weighted by molar-refractivity contribution is -0.119. The molecule has 0 amide bonds. The molecule has 0 saturated carbocycles. The summed E-state index contributed by atoms with van der Waals surface area (Å²) in [6.07, 6.45) is -3.53. The van der Waals surface area contributed by atoms with Crippen molar-refractivity contribution in [2.75, 3.05) is 24.5 Å². The molecule has 0 aromatic carbocycles. The number of hydrogen-bond donors (Lipinski definition) is 1. The van der Waals surface area contributed by atoms with Crippen molar-refractivity contribution in [1.29, 1.82) is 0 Å². The van der Waals surface area contributed by atoms with Crippen LogP contribution in [0.4, 0.5) is 18.3 Å². The third-order valence-electron chi connectivity index (χ3n) is 2.23. The van der Waals surface area contributed by atoms with E-state index < -0.39 is 12.7 Å². The Hall–Kier alpha value is -0.820. The molecule has 1 rings (SSSR count). The van der Waals surface area contributed by atoms with E-state index in [9.17, 15) is 13.2 Å². The molecule has 0 aliphatic carbocycles. The summed E-state index contributed by atoms with van der Waals surface area (Å²) in [5.41, 5.74) is 0.792. The molecule has 0 bridgehead atoms. The fourth-order valence-electron chi connectivity index (χ4n) is 1.50. The predicted molar refractivity (Wildman–Crippen MR) is 68.1 cm³/mol. The van der Waals surface area contributed by atoms with Crippen LogP contribution in [0.2, 0.25) is 0 Å². The highest BCUT2D eigenvalue weighted by Crippen LogP contribution is 2.25. The van der Waals surface area contributed by atoms with Crippen molar-refractivity contribution in [3.8, 4) is 0 Å². The molecule has 0 radical (unpaired) electrons. The third kappa shape index (κ3) is 5.22. The first-order valence-electron chi connectivity index (χ1n) is 5.93. The van der Waals surface area contributed by atoms with Crippen LogP contribution in [0.1, 0.15) is 26.0 Å². The number of hydrogen-bond acceptors (Lipinski definition) is 4. The van der Waals surface area contributed by atoms with Crippen LogP contribution in [-0.2, 0) is 6.54 Å². The number of nitrogens with zero attached hydrogens (tertiary/aromatic N) is 2. The zero-order valence-electron chi connectivity index (χ0n) is 10.5. The number of anilines is 1.